The van der Waals surface area contributed by atoms with Crippen LogP contribution < -0.4 is 10.5 Å². The highest BCUT2D eigenvalue weighted by Crippen LogP contribution is 2.38. The van der Waals surface area contributed by atoms with Crippen molar-refractivity contribution in [2.24, 2.45) is 5.73 Å². The van der Waals surface area contributed by atoms with Gasteiger partial charge in [0.15, 0.2) is 0 Å². The molecule has 1 aliphatic rings. The van der Waals surface area contributed by atoms with Gasteiger partial charge in [0.25, 0.3) is 0 Å². The van der Waals surface area contributed by atoms with E-state index in [1.165, 1.54) is 22.6 Å². The normalized spacial score (nSPS) is 15.8. The minimum atomic E-state index is -4.72. The molecule has 1 unspecified atom stereocenters. The Hall–Kier alpha value is -1.53. The second-order valence-electron chi connectivity index (χ2n) is 5.01. The lowest BCUT2D eigenvalue weighted by Gasteiger charge is -2.17. The summed E-state index contributed by atoms with van der Waals surface area (Å²) in [7, 11) is 0. The first-order valence-electron chi connectivity index (χ1n) is 6.66. The van der Waals surface area contributed by atoms with Crippen LogP contribution in [0, 0.1) is 0 Å². The third-order valence-corrected chi connectivity index (χ3v) is 4.87. The predicted molar refractivity (Wildman–Crippen MR) is 75.5 cm³/mol. The number of benzene rings is 1. The first-order valence-corrected chi connectivity index (χ1v) is 7.47. The molecule has 0 bridgehead atoms. The maximum atomic E-state index is 12.5. The van der Waals surface area contributed by atoms with Crippen molar-refractivity contribution < 1.29 is 17.9 Å². The number of hydrogen-bond acceptors (Lipinski definition) is 3. The number of aryl methyl sites for hydroxylation is 2. The fraction of sp³-hybridized carbons (Fsp3) is 0.333. The fourth-order valence-corrected chi connectivity index (χ4v) is 3.89. The Balaban J connectivity index is 1.91. The van der Waals surface area contributed by atoms with Crippen LogP contribution >= 0.6 is 11.3 Å². The van der Waals surface area contributed by atoms with E-state index in [2.05, 4.69) is 4.74 Å². The Labute approximate surface area is 124 Å². The van der Waals surface area contributed by atoms with E-state index in [0.717, 1.165) is 24.1 Å². The molecule has 3 rings (SSSR count). The number of alkyl halides is 3. The number of ether oxygens (including phenoxy) is 1. The summed E-state index contributed by atoms with van der Waals surface area (Å²) in [6.45, 7) is 0. The molecule has 1 aliphatic carbocycles. The van der Waals surface area contributed by atoms with Gasteiger partial charge >= 0.3 is 6.36 Å². The van der Waals surface area contributed by atoms with Gasteiger partial charge in [-0.15, -0.1) is 24.5 Å². The summed E-state index contributed by atoms with van der Waals surface area (Å²) in [6.07, 6.45) is -1.51. The van der Waals surface area contributed by atoms with Gasteiger partial charge in [0, 0.05) is 15.3 Å². The molecule has 0 spiro atoms. The summed E-state index contributed by atoms with van der Waals surface area (Å²) in [5.41, 5.74) is 7.79. The largest absolute Gasteiger partial charge is 0.573 e. The van der Waals surface area contributed by atoms with Gasteiger partial charge in [0.05, 0.1) is 6.04 Å². The Kier molecular flexibility index (Phi) is 3.67. The van der Waals surface area contributed by atoms with Gasteiger partial charge < -0.3 is 10.5 Å². The van der Waals surface area contributed by atoms with E-state index in [1.54, 1.807) is 23.5 Å². The fourth-order valence-electron chi connectivity index (χ4n) is 2.61. The van der Waals surface area contributed by atoms with Crippen molar-refractivity contribution in [2.75, 3.05) is 0 Å². The third kappa shape index (κ3) is 3.06. The summed E-state index contributed by atoms with van der Waals surface area (Å²) in [6, 6.07) is 7.47. The van der Waals surface area contributed by atoms with E-state index >= 15 is 0 Å². The van der Waals surface area contributed by atoms with Gasteiger partial charge in [-0.3, -0.25) is 0 Å². The average Bonchev–Trinajstić information content (AvgIpc) is 2.97. The zero-order chi connectivity index (χ0) is 15.0. The van der Waals surface area contributed by atoms with Crippen molar-refractivity contribution in [1.82, 2.24) is 0 Å². The number of fused-ring (bicyclic) bond motifs is 1. The molecular weight excluding hydrogens is 299 g/mol. The predicted octanol–water partition coefficient (Wildman–Crippen LogP) is 4.18. The number of halogens is 3. The van der Waals surface area contributed by atoms with E-state index in [1.807, 2.05) is 6.07 Å². The van der Waals surface area contributed by atoms with Gasteiger partial charge in [-0.2, -0.15) is 0 Å². The third-order valence-electron chi connectivity index (χ3n) is 3.55. The van der Waals surface area contributed by atoms with Gasteiger partial charge in [-0.05, 0) is 37.0 Å². The van der Waals surface area contributed by atoms with Crippen LogP contribution in [0.2, 0.25) is 0 Å². The lowest BCUT2D eigenvalue weighted by Crippen LogP contribution is -2.20. The molecular formula is C15H14F3NOS. The number of thiophene rings is 1. The Morgan fingerprint density at radius 2 is 1.95 bits per heavy atom. The Morgan fingerprint density at radius 1 is 1.19 bits per heavy atom. The van der Waals surface area contributed by atoms with Crippen LogP contribution in [0.25, 0.3) is 0 Å². The molecule has 2 N–H and O–H groups in total. The van der Waals surface area contributed by atoms with Crippen LogP contribution in [0.15, 0.2) is 30.3 Å². The second kappa shape index (κ2) is 5.35. The quantitative estimate of drug-likeness (QED) is 0.922. The van der Waals surface area contributed by atoms with Gasteiger partial charge in [-0.1, -0.05) is 18.2 Å². The van der Waals surface area contributed by atoms with Crippen LogP contribution in [0.1, 0.15) is 33.3 Å². The molecule has 0 amide bonds. The van der Waals surface area contributed by atoms with Crippen molar-refractivity contribution in [3.63, 3.8) is 0 Å². The van der Waals surface area contributed by atoms with Gasteiger partial charge in [0.2, 0.25) is 0 Å². The number of para-hydroxylation sites is 1. The first-order chi connectivity index (χ1) is 9.94. The summed E-state index contributed by atoms with van der Waals surface area (Å²) >= 11 is 1.59. The molecule has 2 aromatic rings. The average molecular weight is 313 g/mol. The van der Waals surface area contributed by atoms with E-state index in [0.29, 0.717) is 5.56 Å². The SMILES string of the molecule is NC(c1cc2c(s1)CCC2)c1ccccc1OC(F)(F)F. The second-order valence-corrected chi connectivity index (χ2v) is 6.18. The van der Waals surface area contributed by atoms with Crippen LogP contribution in [0.3, 0.4) is 0 Å². The monoisotopic (exact) mass is 313 g/mol. The molecule has 112 valence electrons. The van der Waals surface area contributed by atoms with E-state index in [9.17, 15) is 13.2 Å². The molecule has 2 nitrogen and oxygen atoms in total. The lowest BCUT2D eigenvalue weighted by atomic mass is 10.0. The molecule has 0 radical (unpaired) electrons. The maximum absolute atomic E-state index is 12.5. The van der Waals surface area contributed by atoms with Crippen molar-refractivity contribution >= 4 is 11.3 Å². The summed E-state index contributed by atoms with van der Waals surface area (Å²) in [5.74, 6) is -0.231. The summed E-state index contributed by atoms with van der Waals surface area (Å²) < 4.78 is 41.5. The highest BCUT2D eigenvalue weighted by Gasteiger charge is 2.33. The molecule has 1 heterocycles. The summed E-state index contributed by atoms with van der Waals surface area (Å²) in [4.78, 5) is 2.19. The van der Waals surface area contributed by atoms with Crippen molar-refractivity contribution in [3.05, 3.63) is 51.2 Å². The van der Waals surface area contributed by atoms with E-state index in [-0.39, 0.29) is 5.75 Å². The Bertz CT molecular complexity index is 629. The van der Waals surface area contributed by atoms with Crippen LogP contribution in [0.4, 0.5) is 13.2 Å². The number of rotatable bonds is 3. The minimum absolute atomic E-state index is 0.231. The number of nitrogens with two attached hydrogens (primary N) is 1. The maximum Gasteiger partial charge on any atom is 0.573 e. The molecule has 6 heteroatoms. The zero-order valence-electron chi connectivity index (χ0n) is 11.1. The smallest absolute Gasteiger partial charge is 0.405 e. The Morgan fingerprint density at radius 3 is 2.67 bits per heavy atom. The van der Waals surface area contributed by atoms with Crippen molar-refractivity contribution in [2.45, 2.75) is 31.7 Å². The molecule has 1 aromatic heterocycles. The zero-order valence-corrected chi connectivity index (χ0v) is 11.9. The van der Waals surface area contributed by atoms with Crippen molar-refractivity contribution in [1.29, 1.82) is 0 Å². The highest BCUT2D eigenvalue weighted by atomic mass is 32.1. The standard InChI is InChI=1S/C15H14F3NOS/c16-15(17,18)20-11-6-2-1-5-10(11)14(19)13-8-9-4-3-7-12(9)21-13/h1-2,5-6,8,14H,3-4,7,19H2. The molecule has 1 atom stereocenters. The molecule has 0 aliphatic heterocycles. The van der Waals surface area contributed by atoms with E-state index < -0.39 is 12.4 Å². The molecule has 1 aromatic carbocycles. The number of hydrogen-bond donors (Lipinski definition) is 1. The lowest BCUT2D eigenvalue weighted by molar-refractivity contribution is -0.274. The minimum Gasteiger partial charge on any atom is -0.405 e. The first kappa shape index (κ1) is 14.4. The molecule has 0 saturated carbocycles. The van der Waals surface area contributed by atoms with Crippen LogP contribution in [-0.4, -0.2) is 6.36 Å². The van der Waals surface area contributed by atoms with Gasteiger partial charge in [-0.25, -0.2) is 0 Å². The molecule has 0 fully saturated rings. The van der Waals surface area contributed by atoms with Crippen LogP contribution in [-0.2, 0) is 12.8 Å². The topological polar surface area (TPSA) is 35.2 Å². The van der Waals surface area contributed by atoms with Crippen LogP contribution in [0.5, 0.6) is 5.75 Å². The van der Waals surface area contributed by atoms with Gasteiger partial charge in [0.1, 0.15) is 5.75 Å². The van der Waals surface area contributed by atoms with E-state index in [4.69, 9.17) is 5.73 Å². The summed E-state index contributed by atoms with van der Waals surface area (Å²) in [5, 5.41) is 0. The van der Waals surface area contributed by atoms with Crippen molar-refractivity contribution in [3.8, 4) is 5.75 Å². The molecule has 21 heavy (non-hydrogen) atoms. The molecule has 0 saturated heterocycles. The highest BCUT2D eigenvalue weighted by molar-refractivity contribution is 7.12.